The number of carbonyl (C=O) groups excluding carboxylic acids is 2. The van der Waals surface area contributed by atoms with Crippen molar-refractivity contribution in [3.63, 3.8) is 0 Å². The van der Waals surface area contributed by atoms with Gasteiger partial charge in [-0.15, -0.1) is 0 Å². The molecule has 126 valence electrons. The summed E-state index contributed by atoms with van der Waals surface area (Å²) >= 11 is 0. The van der Waals surface area contributed by atoms with Crippen LogP contribution >= 0.6 is 0 Å². The summed E-state index contributed by atoms with van der Waals surface area (Å²) in [6.07, 6.45) is 1.32. The van der Waals surface area contributed by atoms with E-state index in [4.69, 9.17) is 15.2 Å². The standard InChI is InChI=1S/C17H19N3O4/c1-23-17-14(8-5-9-19-17)20-16(22)13(18)10-15(21)24-11-12-6-3-2-4-7-12/h2-9,13H,10-11,18H2,1H3,(H,20,22)/t13-/m0/s1. The summed E-state index contributed by atoms with van der Waals surface area (Å²) in [5.74, 6) is -0.790. The monoisotopic (exact) mass is 329 g/mol. The van der Waals surface area contributed by atoms with Gasteiger partial charge < -0.3 is 20.5 Å². The molecule has 1 aromatic heterocycles. The first-order valence-corrected chi connectivity index (χ1v) is 7.35. The maximum Gasteiger partial charge on any atom is 0.308 e. The summed E-state index contributed by atoms with van der Waals surface area (Å²) in [5, 5.41) is 2.58. The third-order valence-corrected chi connectivity index (χ3v) is 3.19. The Hall–Kier alpha value is -2.93. The molecule has 1 atom stereocenters. The lowest BCUT2D eigenvalue weighted by Gasteiger charge is -2.13. The zero-order valence-corrected chi connectivity index (χ0v) is 13.3. The molecule has 1 aromatic carbocycles. The van der Waals surface area contributed by atoms with E-state index in [0.717, 1.165) is 5.56 Å². The van der Waals surface area contributed by atoms with E-state index in [-0.39, 0.29) is 18.9 Å². The minimum absolute atomic E-state index is 0.143. The van der Waals surface area contributed by atoms with Gasteiger partial charge in [0.1, 0.15) is 12.3 Å². The third-order valence-electron chi connectivity index (χ3n) is 3.19. The van der Waals surface area contributed by atoms with Gasteiger partial charge in [0.05, 0.1) is 19.6 Å². The van der Waals surface area contributed by atoms with Crippen molar-refractivity contribution in [3.05, 3.63) is 54.2 Å². The number of esters is 1. The maximum absolute atomic E-state index is 12.1. The molecular formula is C17H19N3O4. The molecule has 24 heavy (non-hydrogen) atoms. The average Bonchev–Trinajstić information content (AvgIpc) is 2.61. The Balaban J connectivity index is 1.83. The van der Waals surface area contributed by atoms with Gasteiger partial charge in [0.25, 0.3) is 0 Å². The second kappa shape index (κ2) is 8.64. The Kier molecular flexibility index (Phi) is 6.27. The number of hydrogen-bond acceptors (Lipinski definition) is 6. The zero-order chi connectivity index (χ0) is 17.4. The minimum Gasteiger partial charge on any atom is -0.480 e. The van der Waals surface area contributed by atoms with Crippen LogP contribution in [0.15, 0.2) is 48.7 Å². The summed E-state index contributed by atoms with van der Waals surface area (Å²) in [7, 11) is 1.44. The molecule has 3 N–H and O–H groups in total. The summed E-state index contributed by atoms with van der Waals surface area (Å²) in [6.45, 7) is 0.143. The molecule has 0 unspecified atom stereocenters. The second-order valence-electron chi connectivity index (χ2n) is 5.01. The minimum atomic E-state index is -1.03. The zero-order valence-electron chi connectivity index (χ0n) is 13.3. The van der Waals surface area contributed by atoms with E-state index >= 15 is 0 Å². The molecule has 2 rings (SSSR count). The van der Waals surface area contributed by atoms with Crippen LogP contribution in [0.25, 0.3) is 0 Å². The number of nitrogens with zero attached hydrogens (tertiary/aromatic N) is 1. The largest absolute Gasteiger partial charge is 0.480 e. The number of amides is 1. The second-order valence-corrected chi connectivity index (χ2v) is 5.01. The van der Waals surface area contributed by atoms with Crippen LogP contribution < -0.4 is 15.8 Å². The van der Waals surface area contributed by atoms with E-state index in [2.05, 4.69) is 10.3 Å². The van der Waals surface area contributed by atoms with Gasteiger partial charge in [-0.2, -0.15) is 0 Å². The van der Waals surface area contributed by atoms with E-state index < -0.39 is 17.9 Å². The number of nitrogens with one attached hydrogen (secondary N) is 1. The first-order chi connectivity index (χ1) is 11.6. The molecule has 1 amide bonds. The third kappa shape index (κ3) is 5.06. The number of aromatic nitrogens is 1. The SMILES string of the molecule is COc1ncccc1NC(=O)[C@@H](N)CC(=O)OCc1ccccc1. The first-order valence-electron chi connectivity index (χ1n) is 7.35. The van der Waals surface area contributed by atoms with Gasteiger partial charge in [0, 0.05) is 6.20 Å². The fraction of sp³-hybridized carbons (Fsp3) is 0.235. The molecule has 7 nitrogen and oxygen atoms in total. The smallest absolute Gasteiger partial charge is 0.308 e. The molecule has 0 aliphatic carbocycles. The molecule has 0 aliphatic heterocycles. The highest BCUT2D eigenvalue weighted by atomic mass is 16.5. The van der Waals surface area contributed by atoms with Crippen molar-refractivity contribution >= 4 is 17.6 Å². The lowest BCUT2D eigenvalue weighted by molar-refractivity contribution is -0.146. The highest BCUT2D eigenvalue weighted by Crippen LogP contribution is 2.19. The molecule has 0 saturated carbocycles. The molecule has 0 aliphatic rings. The van der Waals surface area contributed by atoms with Gasteiger partial charge in [-0.1, -0.05) is 30.3 Å². The number of benzene rings is 1. The summed E-state index contributed by atoms with van der Waals surface area (Å²) < 4.78 is 10.1. The number of anilines is 1. The van der Waals surface area contributed by atoms with E-state index in [9.17, 15) is 9.59 Å². The van der Waals surface area contributed by atoms with Gasteiger partial charge in [-0.25, -0.2) is 4.98 Å². The van der Waals surface area contributed by atoms with E-state index in [0.29, 0.717) is 5.69 Å². The molecule has 0 radical (unpaired) electrons. The number of nitrogens with two attached hydrogens (primary N) is 1. The van der Waals surface area contributed by atoms with Crippen LogP contribution in [0.3, 0.4) is 0 Å². The van der Waals surface area contributed by atoms with Crippen molar-refractivity contribution in [1.29, 1.82) is 0 Å². The summed E-state index contributed by atoms with van der Waals surface area (Å²) in [6, 6.07) is 11.5. The number of hydrogen-bond donors (Lipinski definition) is 2. The number of pyridine rings is 1. The Labute approximate surface area is 139 Å². The molecule has 0 spiro atoms. The predicted molar refractivity (Wildman–Crippen MR) is 88.2 cm³/mol. The molecule has 7 heteroatoms. The highest BCUT2D eigenvalue weighted by molar-refractivity contribution is 5.97. The van der Waals surface area contributed by atoms with Gasteiger partial charge in [0.2, 0.25) is 11.8 Å². The number of carbonyl (C=O) groups is 2. The number of methoxy groups -OCH3 is 1. The van der Waals surface area contributed by atoms with E-state index in [1.54, 1.807) is 12.1 Å². The molecule has 0 bridgehead atoms. The molecule has 0 saturated heterocycles. The highest BCUT2D eigenvalue weighted by Gasteiger charge is 2.20. The van der Waals surface area contributed by atoms with E-state index in [1.807, 2.05) is 30.3 Å². The van der Waals surface area contributed by atoms with Crippen LogP contribution in [-0.2, 0) is 20.9 Å². The van der Waals surface area contributed by atoms with Gasteiger partial charge in [-0.3, -0.25) is 9.59 Å². The molecular weight excluding hydrogens is 310 g/mol. The van der Waals surface area contributed by atoms with Crippen LogP contribution in [0.1, 0.15) is 12.0 Å². The van der Waals surface area contributed by atoms with Gasteiger partial charge in [0.15, 0.2) is 0 Å². The van der Waals surface area contributed by atoms with Crippen molar-refractivity contribution in [2.24, 2.45) is 5.73 Å². The van der Waals surface area contributed by atoms with Crippen molar-refractivity contribution in [3.8, 4) is 5.88 Å². The van der Waals surface area contributed by atoms with Crippen LogP contribution in [0.4, 0.5) is 5.69 Å². The maximum atomic E-state index is 12.1. The Bertz CT molecular complexity index is 691. The lowest BCUT2D eigenvalue weighted by atomic mass is 10.2. The van der Waals surface area contributed by atoms with Crippen LogP contribution in [0.5, 0.6) is 5.88 Å². The average molecular weight is 329 g/mol. The van der Waals surface area contributed by atoms with Crippen molar-refractivity contribution in [1.82, 2.24) is 4.98 Å². The topological polar surface area (TPSA) is 104 Å². The van der Waals surface area contributed by atoms with Crippen molar-refractivity contribution in [2.45, 2.75) is 19.1 Å². The molecule has 1 heterocycles. The summed E-state index contributed by atoms with van der Waals surface area (Å²) in [5.41, 5.74) is 7.00. The Morgan fingerprint density at radius 1 is 1.21 bits per heavy atom. The van der Waals surface area contributed by atoms with Crippen molar-refractivity contribution in [2.75, 3.05) is 12.4 Å². The van der Waals surface area contributed by atoms with Crippen LogP contribution in [0, 0.1) is 0 Å². The summed E-state index contributed by atoms with van der Waals surface area (Å²) in [4.78, 5) is 27.8. The Morgan fingerprint density at radius 2 is 1.96 bits per heavy atom. The van der Waals surface area contributed by atoms with Gasteiger partial charge in [-0.05, 0) is 17.7 Å². The van der Waals surface area contributed by atoms with Gasteiger partial charge >= 0.3 is 5.97 Å². The van der Waals surface area contributed by atoms with Crippen molar-refractivity contribution < 1.29 is 19.1 Å². The lowest BCUT2D eigenvalue weighted by Crippen LogP contribution is -2.38. The van der Waals surface area contributed by atoms with Crippen LogP contribution in [-0.4, -0.2) is 30.0 Å². The number of rotatable bonds is 7. The quantitative estimate of drug-likeness (QED) is 0.746. The number of ether oxygens (including phenoxy) is 2. The fourth-order valence-electron chi connectivity index (χ4n) is 1.94. The normalized spacial score (nSPS) is 11.4. The molecule has 2 aromatic rings. The molecule has 0 fully saturated rings. The Morgan fingerprint density at radius 3 is 2.67 bits per heavy atom. The van der Waals surface area contributed by atoms with Crippen LogP contribution in [0.2, 0.25) is 0 Å². The first kappa shape index (κ1) is 17.4. The van der Waals surface area contributed by atoms with E-state index in [1.165, 1.54) is 13.3 Å². The fourth-order valence-corrected chi connectivity index (χ4v) is 1.94. The predicted octanol–water partition coefficient (Wildman–Crippen LogP) is 1.49.